The smallest absolute Gasteiger partial charge is 0.278 e. The van der Waals surface area contributed by atoms with Crippen molar-refractivity contribution in [1.82, 2.24) is 4.98 Å². The number of hydrogen-bond donors (Lipinski definition) is 1. The first-order valence-corrected chi connectivity index (χ1v) is 8.75. The Kier molecular flexibility index (Phi) is 5.60. The van der Waals surface area contributed by atoms with Gasteiger partial charge in [-0.3, -0.25) is 10.1 Å². The van der Waals surface area contributed by atoms with E-state index in [1.165, 1.54) is 13.2 Å². The lowest BCUT2D eigenvalue weighted by Crippen LogP contribution is -2.01. The maximum Gasteiger partial charge on any atom is 0.278 e. The first-order chi connectivity index (χ1) is 14.0. The second-order valence-corrected chi connectivity index (χ2v) is 6.00. The molecule has 0 bridgehead atoms. The number of anilines is 1. The van der Waals surface area contributed by atoms with E-state index >= 15 is 0 Å². The Balaban J connectivity index is 2.23. The van der Waals surface area contributed by atoms with Crippen LogP contribution in [0.4, 0.5) is 11.5 Å². The van der Waals surface area contributed by atoms with Crippen molar-refractivity contribution < 1.29 is 14.4 Å². The third-order valence-electron chi connectivity index (χ3n) is 4.31. The fourth-order valence-electron chi connectivity index (χ4n) is 3.01. The summed E-state index contributed by atoms with van der Waals surface area (Å²) in [6.45, 7) is 2.34. The molecule has 0 amide bonds. The van der Waals surface area contributed by atoms with Gasteiger partial charge in [0.15, 0.2) is 11.5 Å². The summed E-state index contributed by atoms with van der Waals surface area (Å²) >= 11 is 0. The van der Waals surface area contributed by atoms with Crippen LogP contribution in [0, 0.1) is 21.4 Å². The van der Waals surface area contributed by atoms with Gasteiger partial charge in [0.2, 0.25) is 0 Å². The second kappa shape index (κ2) is 8.27. The van der Waals surface area contributed by atoms with Gasteiger partial charge in [0.25, 0.3) is 5.69 Å². The molecule has 0 unspecified atom stereocenters. The van der Waals surface area contributed by atoms with Crippen LogP contribution in [0.5, 0.6) is 11.5 Å². The zero-order valence-electron chi connectivity index (χ0n) is 15.9. The molecule has 2 N–H and O–H groups in total. The molecule has 0 aliphatic carbocycles. The molecule has 0 fully saturated rings. The number of nitrogens with two attached hydrogens (primary N) is 1. The average Bonchev–Trinajstić information content (AvgIpc) is 2.73. The number of aromatic nitrogens is 1. The summed E-state index contributed by atoms with van der Waals surface area (Å²) in [6, 6.07) is 15.2. The van der Waals surface area contributed by atoms with Gasteiger partial charge >= 0.3 is 0 Å². The predicted octanol–water partition coefficient (Wildman–Crippen LogP) is 4.18. The Bertz CT molecular complexity index is 1120. The van der Waals surface area contributed by atoms with Gasteiger partial charge < -0.3 is 15.2 Å². The summed E-state index contributed by atoms with van der Waals surface area (Å²) in [4.78, 5) is 15.2. The Labute approximate surface area is 167 Å². The van der Waals surface area contributed by atoms with E-state index in [0.29, 0.717) is 40.5 Å². The topological polar surface area (TPSA) is 124 Å². The van der Waals surface area contributed by atoms with Crippen molar-refractivity contribution in [3.8, 4) is 40.0 Å². The number of rotatable bonds is 6. The maximum atomic E-state index is 11.4. The van der Waals surface area contributed by atoms with E-state index in [-0.39, 0.29) is 17.1 Å². The van der Waals surface area contributed by atoms with Gasteiger partial charge in [0.1, 0.15) is 17.5 Å². The minimum absolute atomic E-state index is 0.00833. The molecule has 3 rings (SSSR count). The minimum Gasteiger partial charge on any atom is -0.493 e. The van der Waals surface area contributed by atoms with Crippen LogP contribution < -0.4 is 15.2 Å². The molecule has 8 nitrogen and oxygen atoms in total. The van der Waals surface area contributed by atoms with Crippen LogP contribution in [-0.2, 0) is 0 Å². The van der Waals surface area contributed by atoms with Gasteiger partial charge in [-0.1, -0.05) is 18.2 Å². The summed E-state index contributed by atoms with van der Waals surface area (Å²) in [6.07, 6.45) is 0. The summed E-state index contributed by atoms with van der Waals surface area (Å²) in [5.74, 6) is 1.06. The number of nitrogens with zero attached hydrogens (tertiary/aromatic N) is 3. The highest BCUT2D eigenvalue weighted by atomic mass is 16.6. The van der Waals surface area contributed by atoms with Gasteiger partial charge in [0.05, 0.1) is 29.9 Å². The average molecular weight is 390 g/mol. The van der Waals surface area contributed by atoms with Crippen LogP contribution >= 0.6 is 0 Å². The van der Waals surface area contributed by atoms with Gasteiger partial charge in [-0.2, -0.15) is 5.26 Å². The Morgan fingerprint density at radius 2 is 1.93 bits per heavy atom. The first kappa shape index (κ1) is 19.6. The molecule has 0 atom stereocenters. The third-order valence-corrected chi connectivity index (χ3v) is 4.31. The lowest BCUT2D eigenvalue weighted by atomic mass is 9.97. The molecule has 0 saturated heterocycles. The highest BCUT2D eigenvalue weighted by Gasteiger charge is 2.20. The number of hydrogen-bond acceptors (Lipinski definition) is 7. The quantitative estimate of drug-likeness (QED) is 0.494. The molecule has 0 radical (unpaired) electrons. The van der Waals surface area contributed by atoms with E-state index in [9.17, 15) is 15.4 Å². The lowest BCUT2D eigenvalue weighted by molar-refractivity contribution is -0.384. The van der Waals surface area contributed by atoms with Crippen molar-refractivity contribution in [2.24, 2.45) is 0 Å². The zero-order valence-corrected chi connectivity index (χ0v) is 15.9. The van der Waals surface area contributed by atoms with E-state index in [1.54, 1.807) is 42.5 Å². The maximum absolute atomic E-state index is 11.4. The van der Waals surface area contributed by atoms with Crippen LogP contribution in [0.1, 0.15) is 12.5 Å². The highest BCUT2D eigenvalue weighted by Crippen LogP contribution is 2.38. The number of nitriles is 1. The normalized spacial score (nSPS) is 10.2. The number of pyridine rings is 1. The van der Waals surface area contributed by atoms with E-state index in [2.05, 4.69) is 11.1 Å². The summed E-state index contributed by atoms with van der Waals surface area (Å²) in [7, 11) is 1.52. The van der Waals surface area contributed by atoms with Crippen LogP contribution in [0.25, 0.3) is 22.4 Å². The molecular weight excluding hydrogens is 372 g/mol. The third kappa shape index (κ3) is 3.80. The fraction of sp³-hybridized carbons (Fsp3) is 0.143. The minimum atomic E-state index is -0.481. The van der Waals surface area contributed by atoms with Crippen LogP contribution in [-0.4, -0.2) is 23.6 Å². The Morgan fingerprint density at radius 3 is 2.59 bits per heavy atom. The van der Waals surface area contributed by atoms with Gasteiger partial charge in [-0.25, -0.2) is 4.98 Å². The number of para-hydroxylation sites is 1. The molecule has 146 valence electrons. The zero-order chi connectivity index (χ0) is 21.0. The van der Waals surface area contributed by atoms with Crippen molar-refractivity contribution in [3.05, 3.63) is 64.2 Å². The molecule has 0 saturated carbocycles. The predicted molar refractivity (Wildman–Crippen MR) is 109 cm³/mol. The monoisotopic (exact) mass is 390 g/mol. The van der Waals surface area contributed by atoms with E-state index in [0.717, 1.165) is 0 Å². The molecular formula is C21H18N4O4. The number of methoxy groups -OCH3 is 1. The SMILES string of the molecule is CCOc1ccc(-c2cc(-c3ccccc3[N+](=O)[O-])nc(N)c2C#N)cc1OC. The first-order valence-electron chi connectivity index (χ1n) is 8.75. The molecule has 2 aromatic carbocycles. The van der Waals surface area contributed by atoms with E-state index in [1.807, 2.05) is 6.92 Å². The largest absolute Gasteiger partial charge is 0.493 e. The second-order valence-electron chi connectivity index (χ2n) is 6.00. The van der Waals surface area contributed by atoms with Crippen LogP contribution in [0.3, 0.4) is 0 Å². The number of ether oxygens (including phenoxy) is 2. The number of nitro benzene ring substituents is 1. The highest BCUT2D eigenvalue weighted by molar-refractivity contribution is 5.83. The van der Waals surface area contributed by atoms with Crippen molar-refractivity contribution in [1.29, 1.82) is 5.26 Å². The van der Waals surface area contributed by atoms with E-state index < -0.39 is 4.92 Å². The number of nitro groups is 1. The van der Waals surface area contributed by atoms with Crippen molar-refractivity contribution in [2.75, 3.05) is 19.5 Å². The summed E-state index contributed by atoms with van der Waals surface area (Å²) in [5, 5.41) is 21.0. The van der Waals surface area contributed by atoms with Crippen molar-refractivity contribution >= 4 is 11.5 Å². The van der Waals surface area contributed by atoms with Crippen LogP contribution in [0.2, 0.25) is 0 Å². The molecule has 0 aliphatic heterocycles. The van der Waals surface area contributed by atoms with E-state index in [4.69, 9.17) is 15.2 Å². The fourth-order valence-corrected chi connectivity index (χ4v) is 3.01. The van der Waals surface area contributed by atoms with Crippen molar-refractivity contribution in [2.45, 2.75) is 6.92 Å². The number of benzene rings is 2. The van der Waals surface area contributed by atoms with Crippen LogP contribution in [0.15, 0.2) is 48.5 Å². The van der Waals surface area contributed by atoms with Crippen molar-refractivity contribution in [3.63, 3.8) is 0 Å². The lowest BCUT2D eigenvalue weighted by Gasteiger charge is -2.13. The van der Waals surface area contributed by atoms with Gasteiger partial charge in [-0.05, 0) is 36.8 Å². The Morgan fingerprint density at radius 1 is 1.17 bits per heavy atom. The molecule has 8 heteroatoms. The molecule has 29 heavy (non-hydrogen) atoms. The molecule has 1 heterocycles. The Hall–Kier alpha value is -4.12. The van der Waals surface area contributed by atoms with Gasteiger partial charge in [-0.15, -0.1) is 0 Å². The molecule has 1 aromatic heterocycles. The number of nitrogen functional groups attached to an aromatic ring is 1. The standard InChI is InChI=1S/C21H18N4O4/c1-3-29-19-9-8-13(10-20(19)28-2)15-11-17(24-21(23)16(15)12-22)14-6-4-5-7-18(14)25(26)27/h4-11H,3H2,1-2H3,(H2,23,24). The summed E-state index contributed by atoms with van der Waals surface area (Å²) < 4.78 is 10.9. The summed E-state index contributed by atoms with van der Waals surface area (Å²) in [5.41, 5.74) is 7.86. The molecule has 0 spiro atoms. The molecule has 0 aliphatic rings. The molecule has 3 aromatic rings. The van der Waals surface area contributed by atoms with Gasteiger partial charge in [0, 0.05) is 11.6 Å².